The van der Waals surface area contributed by atoms with Crippen LogP contribution in [0.15, 0.2) is 29.6 Å². The van der Waals surface area contributed by atoms with Crippen LogP contribution in [0.3, 0.4) is 0 Å². The molecule has 0 bridgehead atoms. The maximum Gasteiger partial charge on any atom is 0.128 e. The van der Waals surface area contributed by atoms with Crippen molar-refractivity contribution in [3.05, 3.63) is 35.5 Å². The highest BCUT2D eigenvalue weighted by Gasteiger charge is 2.06. The summed E-state index contributed by atoms with van der Waals surface area (Å²) >= 11 is 7.44. The van der Waals surface area contributed by atoms with Crippen LogP contribution >= 0.6 is 23.4 Å². The smallest absolute Gasteiger partial charge is 0.128 e. The number of nitrogen functional groups attached to an aromatic ring is 1. The fourth-order valence-electron chi connectivity index (χ4n) is 1.22. The molecule has 0 aliphatic carbocycles. The number of nitrogens with two attached hydrogens (primary N) is 1. The molecule has 0 aromatic carbocycles. The van der Waals surface area contributed by atoms with Crippen molar-refractivity contribution in [2.45, 2.75) is 10.8 Å². The Kier molecular flexibility index (Phi) is 3.36. The zero-order chi connectivity index (χ0) is 11.5. The molecule has 0 radical (unpaired) electrons. The largest absolute Gasteiger partial charge is 0.397 e. The van der Waals surface area contributed by atoms with Crippen LogP contribution in [0.1, 0.15) is 5.82 Å². The standard InChI is InChI=1S/C10H11ClN4S/c1-15-8(11)5-14-9(15)6-16-10-7(12)3-2-4-13-10/h2-5H,6,12H2,1H3. The molecule has 0 saturated carbocycles. The third-order valence-electron chi connectivity index (χ3n) is 2.17. The van der Waals surface area contributed by atoms with E-state index in [-0.39, 0.29) is 0 Å². The average Bonchev–Trinajstić information content (AvgIpc) is 2.59. The van der Waals surface area contributed by atoms with Gasteiger partial charge in [0.1, 0.15) is 16.0 Å². The number of nitrogens with zero attached hydrogens (tertiary/aromatic N) is 3. The molecule has 0 fully saturated rings. The first-order chi connectivity index (χ1) is 7.68. The minimum absolute atomic E-state index is 0.629. The number of aromatic nitrogens is 3. The summed E-state index contributed by atoms with van der Waals surface area (Å²) in [5.41, 5.74) is 6.48. The van der Waals surface area contributed by atoms with Crippen LogP contribution in [0.5, 0.6) is 0 Å². The summed E-state index contributed by atoms with van der Waals surface area (Å²) in [4.78, 5) is 8.40. The number of anilines is 1. The van der Waals surface area contributed by atoms with Gasteiger partial charge in [-0.05, 0) is 12.1 Å². The average molecular weight is 255 g/mol. The molecule has 2 rings (SSSR count). The van der Waals surface area contributed by atoms with E-state index < -0.39 is 0 Å². The molecule has 6 heteroatoms. The van der Waals surface area contributed by atoms with Gasteiger partial charge in [-0.2, -0.15) is 0 Å². The number of thioether (sulfide) groups is 1. The van der Waals surface area contributed by atoms with Crippen LogP contribution < -0.4 is 5.73 Å². The lowest BCUT2D eigenvalue weighted by Gasteiger charge is -2.04. The van der Waals surface area contributed by atoms with E-state index >= 15 is 0 Å². The molecular formula is C10H11ClN4S. The molecule has 0 atom stereocenters. The second-order valence-corrected chi connectivity index (χ2v) is 4.59. The lowest BCUT2D eigenvalue weighted by atomic mass is 10.4. The normalized spacial score (nSPS) is 10.6. The maximum atomic E-state index is 5.89. The van der Waals surface area contributed by atoms with E-state index in [1.807, 2.05) is 23.7 Å². The predicted octanol–water partition coefficient (Wildman–Crippen LogP) is 2.34. The van der Waals surface area contributed by atoms with E-state index in [9.17, 15) is 0 Å². The van der Waals surface area contributed by atoms with E-state index in [0.29, 0.717) is 16.6 Å². The first kappa shape index (κ1) is 11.3. The maximum absolute atomic E-state index is 5.89. The number of hydrogen-bond acceptors (Lipinski definition) is 4. The van der Waals surface area contributed by atoms with Crippen molar-refractivity contribution in [2.75, 3.05) is 5.73 Å². The van der Waals surface area contributed by atoms with Gasteiger partial charge in [-0.25, -0.2) is 9.97 Å². The summed E-state index contributed by atoms with van der Waals surface area (Å²) in [7, 11) is 1.88. The second-order valence-electron chi connectivity index (χ2n) is 3.24. The van der Waals surface area contributed by atoms with Crippen molar-refractivity contribution in [3.8, 4) is 0 Å². The van der Waals surface area contributed by atoms with Crippen molar-refractivity contribution in [1.29, 1.82) is 0 Å². The summed E-state index contributed by atoms with van der Waals surface area (Å²) in [5, 5.41) is 1.45. The highest BCUT2D eigenvalue weighted by molar-refractivity contribution is 7.98. The van der Waals surface area contributed by atoms with Gasteiger partial charge in [0, 0.05) is 13.2 Å². The molecule has 0 spiro atoms. The molecule has 2 aromatic heterocycles. The lowest BCUT2D eigenvalue weighted by molar-refractivity contribution is 0.849. The van der Waals surface area contributed by atoms with Crippen molar-refractivity contribution in [2.24, 2.45) is 7.05 Å². The van der Waals surface area contributed by atoms with Gasteiger partial charge in [0.05, 0.1) is 17.6 Å². The van der Waals surface area contributed by atoms with Crippen molar-refractivity contribution >= 4 is 29.1 Å². The lowest BCUT2D eigenvalue weighted by Crippen LogP contribution is -1.97. The molecule has 0 amide bonds. The Balaban J connectivity index is 2.08. The van der Waals surface area contributed by atoms with Gasteiger partial charge in [-0.1, -0.05) is 23.4 Å². The molecule has 4 nitrogen and oxygen atoms in total. The predicted molar refractivity (Wildman–Crippen MR) is 66.4 cm³/mol. The summed E-state index contributed by atoms with van der Waals surface area (Å²) < 4.78 is 1.84. The van der Waals surface area contributed by atoms with Crippen molar-refractivity contribution in [1.82, 2.24) is 14.5 Å². The SMILES string of the molecule is Cn1c(Cl)cnc1CSc1ncccc1N. The molecule has 2 N–H and O–H groups in total. The van der Waals surface area contributed by atoms with E-state index in [1.165, 1.54) is 0 Å². The van der Waals surface area contributed by atoms with E-state index in [1.54, 1.807) is 24.2 Å². The Hall–Kier alpha value is -1.20. The van der Waals surface area contributed by atoms with E-state index in [4.69, 9.17) is 17.3 Å². The molecule has 0 saturated heterocycles. The van der Waals surface area contributed by atoms with Crippen LogP contribution in [0.4, 0.5) is 5.69 Å². The summed E-state index contributed by atoms with van der Waals surface area (Å²) in [6, 6.07) is 3.65. The van der Waals surface area contributed by atoms with E-state index in [2.05, 4.69) is 9.97 Å². The van der Waals surface area contributed by atoms with Gasteiger partial charge < -0.3 is 10.3 Å². The van der Waals surface area contributed by atoms with Crippen LogP contribution in [0, 0.1) is 0 Å². The molecule has 16 heavy (non-hydrogen) atoms. The summed E-state index contributed by atoms with van der Waals surface area (Å²) in [6.45, 7) is 0. The Morgan fingerprint density at radius 1 is 1.50 bits per heavy atom. The van der Waals surface area contributed by atoms with Crippen molar-refractivity contribution in [3.63, 3.8) is 0 Å². The monoisotopic (exact) mass is 254 g/mol. The molecule has 0 unspecified atom stereocenters. The van der Waals surface area contributed by atoms with Gasteiger partial charge in [0.25, 0.3) is 0 Å². The quantitative estimate of drug-likeness (QED) is 0.855. The van der Waals surface area contributed by atoms with Crippen molar-refractivity contribution < 1.29 is 0 Å². The molecule has 0 aliphatic heterocycles. The molecule has 84 valence electrons. The third kappa shape index (κ3) is 2.31. The highest BCUT2D eigenvalue weighted by atomic mass is 35.5. The highest BCUT2D eigenvalue weighted by Crippen LogP contribution is 2.25. The first-order valence-electron chi connectivity index (χ1n) is 4.68. The summed E-state index contributed by atoms with van der Waals surface area (Å²) in [6.07, 6.45) is 3.36. The van der Waals surface area contributed by atoms with Gasteiger partial charge in [0.15, 0.2) is 0 Å². The molecule has 0 aliphatic rings. The second kappa shape index (κ2) is 4.76. The number of imidazole rings is 1. The number of hydrogen-bond donors (Lipinski definition) is 1. The number of rotatable bonds is 3. The van der Waals surface area contributed by atoms with Gasteiger partial charge in [-0.3, -0.25) is 0 Å². The summed E-state index contributed by atoms with van der Waals surface area (Å²) in [5.74, 6) is 1.60. The number of pyridine rings is 1. The molecule has 2 heterocycles. The van der Waals surface area contributed by atoms with Crippen LogP contribution in [-0.4, -0.2) is 14.5 Å². The minimum atomic E-state index is 0.629. The molecule has 2 aromatic rings. The fourth-order valence-corrected chi connectivity index (χ4v) is 2.27. The third-order valence-corrected chi connectivity index (χ3v) is 3.53. The molecular weight excluding hydrogens is 244 g/mol. The van der Waals surface area contributed by atoms with Crippen LogP contribution in [0.25, 0.3) is 0 Å². The zero-order valence-corrected chi connectivity index (χ0v) is 10.3. The van der Waals surface area contributed by atoms with Gasteiger partial charge >= 0.3 is 0 Å². The Bertz CT molecular complexity index is 497. The Labute approximate surface area is 103 Å². The topological polar surface area (TPSA) is 56.7 Å². The fraction of sp³-hybridized carbons (Fsp3) is 0.200. The van der Waals surface area contributed by atoms with Crippen LogP contribution in [0.2, 0.25) is 5.15 Å². The minimum Gasteiger partial charge on any atom is -0.397 e. The Morgan fingerprint density at radius 3 is 2.94 bits per heavy atom. The van der Waals surface area contributed by atoms with Crippen LogP contribution in [-0.2, 0) is 12.8 Å². The van der Waals surface area contributed by atoms with E-state index in [0.717, 1.165) is 10.9 Å². The van der Waals surface area contributed by atoms with Gasteiger partial charge in [0.2, 0.25) is 0 Å². The zero-order valence-electron chi connectivity index (χ0n) is 8.72. The van der Waals surface area contributed by atoms with Gasteiger partial charge in [-0.15, -0.1) is 0 Å². The first-order valence-corrected chi connectivity index (χ1v) is 6.04. The Morgan fingerprint density at radius 2 is 2.31 bits per heavy atom. The number of halogens is 1.